The molecule has 0 spiro atoms. The summed E-state index contributed by atoms with van der Waals surface area (Å²) in [6, 6.07) is 15.2. The predicted octanol–water partition coefficient (Wildman–Crippen LogP) is 3.81. The van der Waals surface area contributed by atoms with E-state index in [-0.39, 0.29) is 30.3 Å². The highest BCUT2D eigenvalue weighted by atomic mass is 35.5. The molecular formula is C20H26ClFN2O2. The molecule has 0 aliphatic carbocycles. The number of nitrogens with zero attached hydrogens (tertiary/aromatic N) is 1. The van der Waals surface area contributed by atoms with Crippen LogP contribution in [0.1, 0.15) is 18.5 Å². The molecular weight excluding hydrogens is 355 g/mol. The summed E-state index contributed by atoms with van der Waals surface area (Å²) in [4.78, 5) is 2.22. The van der Waals surface area contributed by atoms with Crippen molar-refractivity contribution in [3.05, 3.63) is 59.9 Å². The summed E-state index contributed by atoms with van der Waals surface area (Å²) >= 11 is 0. The Hall–Kier alpha value is -1.82. The number of anilines is 1. The molecule has 6 heteroatoms. The number of rotatable bonds is 6. The van der Waals surface area contributed by atoms with Crippen LogP contribution in [0.4, 0.5) is 10.1 Å². The number of hydrogen-bond donors (Lipinski definition) is 1. The highest BCUT2D eigenvalue weighted by molar-refractivity contribution is 5.85. The Labute approximate surface area is 160 Å². The zero-order valence-electron chi connectivity index (χ0n) is 15.2. The Morgan fingerprint density at radius 2 is 2.08 bits per heavy atom. The van der Waals surface area contributed by atoms with E-state index < -0.39 is 0 Å². The van der Waals surface area contributed by atoms with Crippen molar-refractivity contribution >= 4 is 18.1 Å². The van der Waals surface area contributed by atoms with Gasteiger partial charge in [0.05, 0.1) is 26.4 Å². The summed E-state index contributed by atoms with van der Waals surface area (Å²) < 4.78 is 24.5. The lowest BCUT2D eigenvalue weighted by molar-refractivity contribution is 0.0930. The van der Waals surface area contributed by atoms with Crippen molar-refractivity contribution in [3.8, 4) is 5.75 Å². The lowest BCUT2D eigenvalue weighted by atomic mass is 10.1. The molecule has 3 rings (SSSR count). The average molecular weight is 381 g/mol. The predicted molar refractivity (Wildman–Crippen MR) is 105 cm³/mol. The second kappa shape index (κ2) is 9.76. The lowest BCUT2D eigenvalue weighted by Gasteiger charge is -2.38. The molecule has 0 radical (unpaired) electrons. The van der Waals surface area contributed by atoms with Gasteiger partial charge < -0.3 is 19.7 Å². The van der Waals surface area contributed by atoms with Gasteiger partial charge in [-0.3, -0.25) is 0 Å². The number of methoxy groups -OCH3 is 1. The van der Waals surface area contributed by atoms with E-state index in [0.29, 0.717) is 13.2 Å². The molecule has 1 N–H and O–H groups in total. The van der Waals surface area contributed by atoms with E-state index in [1.165, 1.54) is 11.6 Å². The molecule has 1 aliphatic heterocycles. The van der Waals surface area contributed by atoms with Crippen LogP contribution in [0, 0.1) is 5.82 Å². The first kappa shape index (κ1) is 20.5. The van der Waals surface area contributed by atoms with Crippen LogP contribution in [-0.2, 0) is 4.74 Å². The minimum Gasteiger partial charge on any atom is -0.497 e. The van der Waals surface area contributed by atoms with E-state index in [9.17, 15) is 4.39 Å². The normalized spacial score (nSPS) is 18.1. The molecule has 2 aromatic carbocycles. The summed E-state index contributed by atoms with van der Waals surface area (Å²) in [6.45, 7) is 4.95. The van der Waals surface area contributed by atoms with E-state index >= 15 is 0 Å². The summed E-state index contributed by atoms with van der Waals surface area (Å²) in [5, 5.41) is 3.56. The summed E-state index contributed by atoms with van der Waals surface area (Å²) in [5.74, 6) is 0.647. The number of morpholine rings is 1. The highest BCUT2D eigenvalue weighted by Crippen LogP contribution is 2.22. The van der Waals surface area contributed by atoms with Crippen molar-refractivity contribution in [1.29, 1.82) is 0 Å². The van der Waals surface area contributed by atoms with Gasteiger partial charge in [0.2, 0.25) is 0 Å². The quantitative estimate of drug-likeness (QED) is 0.826. The van der Waals surface area contributed by atoms with E-state index in [4.69, 9.17) is 9.47 Å². The lowest BCUT2D eigenvalue weighted by Crippen LogP contribution is -2.50. The number of benzene rings is 2. The van der Waals surface area contributed by atoms with Crippen LogP contribution >= 0.6 is 12.4 Å². The molecule has 1 aliphatic rings. The van der Waals surface area contributed by atoms with Gasteiger partial charge in [-0.25, -0.2) is 4.39 Å². The highest BCUT2D eigenvalue weighted by Gasteiger charge is 2.24. The maximum Gasteiger partial charge on any atom is 0.125 e. The second-order valence-electron chi connectivity index (χ2n) is 6.31. The van der Waals surface area contributed by atoms with Crippen molar-refractivity contribution < 1.29 is 13.9 Å². The van der Waals surface area contributed by atoms with Crippen LogP contribution in [-0.4, -0.2) is 39.5 Å². The van der Waals surface area contributed by atoms with Crippen molar-refractivity contribution in [3.63, 3.8) is 0 Å². The van der Waals surface area contributed by atoms with E-state index in [2.05, 4.69) is 23.2 Å². The van der Waals surface area contributed by atoms with Crippen molar-refractivity contribution in [1.82, 2.24) is 5.32 Å². The molecule has 0 amide bonds. The van der Waals surface area contributed by atoms with E-state index in [0.717, 1.165) is 24.5 Å². The largest absolute Gasteiger partial charge is 0.497 e. The summed E-state index contributed by atoms with van der Waals surface area (Å²) in [5.41, 5.74) is 2.08. The van der Waals surface area contributed by atoms with Gasteiger partial charge >= 0.3 is 0 Å². The topological polar surface area (TPSA) is 33.7 Å². The molecule has 0 aromatic heterocycles. The minimum absolute atomic E-state index is 0. The van der Waals surface area contributed by atoms with Gasteiger partial charge in [0.15, 0.2) is 0 Å². The molecule has 142 valence electrons. The molecule has 1 heterocycles. The molecule has 2 aromatic rings. The standard InChI is InChI=1S/C20H25FN2O2.ClH/c1-15(16-5-3-8-20(11-16)24-2)22-13-19-14-25-10-9-23(19)18-7-4-6-17(21)12-18;/h3-8,11-12,15,19,22H,9-10,13-14H2,1-2H3;1H/t15-,19?;/m1./s1. The average Bonchev–Trinajstić information content (AvgIpc) is 2.66. The van der Waals surface area contributed by atoms with Crippen molar-refractivity contribution in [2.75, 3.05) is 38.3 Å². The molecule has 0 bridgehead atoms. The third-order valence-corrected chi connectivity index (χ3v) is 4.62. The molecule has 1 unspecified atom stereocenters. The van der Waals surface area contributed by atoms with Crippen LogP contribution in [0.5, 0.6) is 5.75 Å². The van der Waals surface area contributed by atoms with Gasteiger partial charge in [0, 0.05) is 24.8 Å². The zero-order valence-corrected chi connectivity index (χ0v) is 16.0. The Morgan fingerprint density at radius 3 is 2.85 bits per heavy atom. The smallest absolute Gasteiger partial charge is 0.125 e. The van der Waals surface area contributed by atoms with Crippen LogP contribution in [0.25, 0.3) is 0 Å². The van der Waals surface area contributed by atoms with Crippen LogP contribution in [0.3, 0.4) is 0 Å². The second-order valence-corrected chi connectivity index (χ2v) is 6.31. The Morgan fingerprint density at radius 1 is 1.27 bits per heavy atom. The number of ether oxygens (including phenoxy) is 2. The first-order valence-corrected chi connectivity index (χ1v) is 8.64. The Bertz CT molecular complexity index is 701. The number of hydrogen-bond acceptors (Lipinski definition) is 4. The fraction of sp³-hybridized carbons (Fsp3) is 0.400. The van der Waals surface area contributed by atoms with Crippen LogP contribution in [0.2, 0.25) is 0 Å². The van der Waals surface area contributed by atoms with Gasteiger partial charge in [0.25, 0.3) is 0 Å². The molecule has 4 nitrogen and oxygen atoms in total. The van der Waals surface area contributed by atoms with Crippen molar-refractivity contribution in [2.45, 2.75) is 19.0 Å². The van der Waals surface area contributed by atoms with Gasteiger partial charge in [-0.2, -0.15) is 0 Å². The van der Waals surface area contributed by atoms with Crippen molar-refractivity contribution in [2.24, 2.45) is 0 Å². The fourth-order valence-corrected chi connectivity index (χ4v) is 3.16. The third kappa shape index (κ3) is 5.10. The fourth-order valence-electron chi connectivity index (χ4n) is 3.16. The van der Waals surface area contributed by atoms with Crippen LogP contribution < -0.4 is 15.0 Å². The maximum atomic E-state index is 13.6. The van der Waals surface area contributed by atoms with Gasteiger partial charge in [-0.1, -0.05) is 18.2 Å². The Kier molecular flexibility index (Phi) is 7.69. The van der Waals surface area contributed by atoms with Crippen LogP contribution in [0.15, 0.2) is 48.5 Å². The number of nitrogens with one attached hydrogen (secondary N) is 1. The maximum absolute atomic E-state index is 13.6. The van der Waals surface area contributed by atoms with Gasteiger partial charge in [0.1, 0.15) is 11.6 Å². The molecule has 26 heavy (non-hydrogen) atoms. The van der Waals surface area contributed by atoms with E-state index in [1.807, 2.05) is 24.3 Å². The monoisotopic (exact) mass is 380 g/mol. The molecule has 1 fully saturated rings. The summed E-state index contributed by atoms with van der Waals surface area (Å²) in [7, 11) is 1.67. The Balaban J connectivity index is 0.00000243. The van der Waals surface area contributed by atoms with Gasteiger partial charge in [-0.05, 0) is 42.8 Å². The first-order chi connectivity index (χ1) is 12.2. The minimum atomic E-state index is -0.208. The molecule has 1 saturated heterocycles. The third-order valence-electron chi connectivity index (χ3n) is 4.62. The van der Waals surface area contributed by atoms with E-state index in [1.54, 1.807) is 19.2 Å². The van der Waals surface area contributed by atoms with Gasteiger partial charge in [-0.15, -0.1) is 12.4 Å². The summed E-state index contributed by atoms with van der Waals surface area (Å²) in [6.07, 6.45) is 0. The SMILES string of the molecule is COc1cccc([C@@H](C)NCC2COCCN2c2cccc(F)c2)c1.Cl. The molecule has 2 atom stereocenters. The first-order valence-electron chi connectivity index (χ1n) is 8.64. The zero-order chi connectivity index (χ0) is 17.6. The number of halogens is 2. The molecule has 0 saturated carbocycles.